The molecule has 3 aliphatic rings. The second-order valence-corrected chi connectivity index (χ2v) is 6.04. The van der Waals surface area contributed by atoms with Gasteiger partial charge in [0.15, 0.2) is 0 Å². The van der Waals surface area contributed by atoms with Crippen LogP contribution in [0.25, 0.3) is 0 Å². The van der Waals surface area contributed by atoms with Gasteiger partial charge in [0.1, 0.15) is 0 Å². The molecule has 3 aliphatic carbocycles. The summed E-state index contributed by atoms with van der Waals surface area (Å²) in [5.74, 6) is 1.10. The van der Waals surface area contributed by atoms with Gasteiger partial charge in [-0.3, -0.25) is 0 Å². The van der Waals surface area contributed by atoms with Crippen molar-refractivity contribution in [1.82, 2.24) is 0 Å². The first-order valence-corrected chi connectivity index (χ1v) is 6.44. The summed E-state index contributed by atoms with van der Waals surface area (Å²) in [5, 5.41) is 0. The third-order valence-electron chi connectivity index (χ3n) is 3.61. The van der Waals surface area contributed by atoms with Crippen LogP contribution < -0.4 is 0 Å². The van der Waals surface area contributed by atoms with Crippen molar-refractivity contribution in [2.24, 2.45) is 11.3 Å². The molecule has 0 unspecified atom stereocenters. The SMILES string of the molecule is CSC(=S)CCC12CCC(C1)C2. The van der Waals surface area contributed by atoms with Crippen LogP contribution >= 0.6 is 24.0 Å². The minimum atomic E-state index is 0.768. The van der Waals surface area contributed by atoms with Crippen LogP contribution in [0.3, 0.4) is 0 Å². The van der Waals surface area contributed by atoms with Crippen molar-refractivity contribution in [2.75, 3.05) is 6.26 Å². The average Bonchev–Trinajstić information content (AvgIpc) is 2.57. The highest BCUT2D eigenvalue weighted by Gasteiger charge is 2.49. The summed E-state index contributed by atoms with van der Waals surface area (Å²) in [6.07, 6.45) is 10.7. The predicted molar refractivity (Wildman–Crippen MR) is 59.7 cm³/mol. The zero-order valence-electron chi connectivity index (χ0n) is 7.64. The van der Waals surface area contributed by atoms with Crippen molar-refractivity contribution in [1.29, 1.82) is 0 Å². The lowest BCUT2D eigenvalue weighted by Gasteiger charge is -2.38. The first-order valence-electron chi connectivity index (χ1n) is 4.81. The Bertz CT molecular complexity index is 187. The molecule has 0 heterocycles. The predicted octanol–water partition coefficient (Wildman–Crippen LogP) is 3.65. The molecule has 3 rings (SSSR count). The minimum Gasteiger partial charge on any atom is -0.122 e. The summed E-state index contributed by atoms with van der Waals surface area (Å²) >= 11 is 6.98. The van der Waals surface area contributed by atoms with E-state index in [0.717, 1.165) is 11.3 Å². The van der Waals surface area contributed by atoms with Crippen molar-refractivity contribution in [3.63, 3.8) is 0 Å². The van der Waals surface area contributed by atoms with E-state index in [1.807, 2.05) is 0 Å². The van der Waals surface area contributed by atoms with Gasteiger partial charge in [-0.15, -0.1) is 11.8 Å². The number of hydrogen-bond acceptors (Lipinski definition) is 2. The normalized spacial score (nSPS) is 37.9. The fourth-order valence-corrected chi connectivity index (χ4v) is 3.29. The molecule has 3 fully saturated rings. The lowest BCUT2D eigenvalue weighted by Crippen LogP contribution is -2.27. The van der Waals surface area contributed by atoms with Crippen LogP contribution in [0.15, 0.2) is 0 Å². The molecule has 0 saturated heterocycles. The van der Waals surface area contributed by atoms with Gasteiger partial charge in [0.2, 0.25) is 0 Å². The van der Waals surface area contributed by atoms with Gasteiger partial charge in [0.05, 0.1) is 0 Å². The Hall–Kier alpha value is 0.440. The van der Waals surface area contributed by atoms with E-state index in [0.29, 0.717) is 0 Å². The lowest BCUT2D eigenvalue weighted by atomic mass is 9.67. The van der Waals surface area contributed by atoms with Crippen molar-refractivity contribution >= 4 is 28.2 Å². The van der Waals surface area contributed by atoms with Crippen LogP contribution in [0, 0.1) is 11.3 Å². The summed E-state index contributed by atoms with van der Waals surface area (Å²) < 4.78 is 1.21. The molecule has 0 amide bonds. The molecule has 0 aromatic heterocycles. The van der Waals surface area contributed by atoms with Crippen LogP contribution in [0.2, 0.25) is 0 Å². The van der Waals surface area contributed by atoms with E-state index in [1.54, 1.807) is 11.8 Å². The maximum absolute atomic E-state index is 5.22. The van der Waals surface area contributed by atoms with E-state index in [4.69, 9.17) is 12.2 Å². The van der Waals surface area contributed by atoms with Crippen LogP contribution in [0.4, 0.5) is 0 Å². The van der Waals surface area contributed by atoms with E-state index in [1.165, 1.54) is 42.7 Å². The van der Waals surface area contributed by atoms with E-state index in [2.05, 4.69) is 6.26 Å². The van der Waals surface area contributed by atoms with Crippen LogP contribution in [-0.2, 0) is 0 Å². The Morgan fingerprint density at radius 2 is 2.33 bits per heavy atom. The van der Waals surface area contributed by atoms with Crippen molar-refractivity contribution in [3.8, 4) is 0 Å². The molecule has 12 heavy (non-hydrogen) atoms. The van der Waals surface area contributed by atoms with Crippen LogP contribution in [-0.4, -0.2) is 10.5 Å². The summed E-state index contributed by atoms with van der Waals surface area (Å²) in [6, 6.07) is 0. The summed E-state index contributed by atoms with van der Waals surface area (Å²) in [4.78, 5) is 0. The Labute approximate surface area is 84.5 Å². The molecule has 0 radical (unpaired) electrons. The molecule has 0 aromatic rings. The van der Waals surface area contributed by atoms with Gasteiger partial charge in [-0.2, -0.15) is 0 Å². The Balaban J connectivity index is 1.77. The van der Waals surface area contributed by atoms with Crippen molar-refractivity contribution < 1.29 is 0 Å². The van der Waals surface area contributed by atoms with Gasteiger partial charge in [-0.25, -0.2) is 0 Å². The second kappa shape index (κ2) is 3.30. The fraction of sp³-hybridized carbons (Fsp3) is 0.900. The third kappa shape index (κ3) is 1.56. The molecule has 68 valence electrons. The molecule has 3 saturated carbocycles. The van der Waals surface area contributed by atoms with Crippen LogP contribution in [0.5, 0.6) is 0 Å². The monoisotopic (exact) mass is 200 g/mol. The first kappa shape index (κ1) is 9.01. The third-order valence-corrected chi connectivity index (χ3v) is 4.98. The zero-order valence-corrected chi connectivity index (χ0v) is 9.27. The topological polar surface area (TPSA) is 0 Å². The summed E-state index contributed by atoms with van der Waals surface area (Å²) in [7, 11) is 0. The maximum atomic E-state index is 5.22. The maximum Gasteiger partial charge on any atom is 0.0476 e. The zero-order chi connectivity index (χ0) is 8.60. The molecule has 0 N–H and O–H groups in total. The number of hydrogen-bond donors (Lipinski definition) is 0. The number of fused-ring (bicyclic) bond motifs is 1. The van der Waals surface area contributed by atoms with Gasteiger partial charge < -0.3 is 0 Å². The lowest BCUT2D eigenvalue weighted by molar-refractivity contribution is 0.135. The highest BCUT2D eigenvalue weighted by Crippen LogP contribution is 2.61. The molecule has 0 nitrogen and oxygen atoms in total. The molecule has 0 aromatic carbocycles. The molecule has 0 spiro atoms. The van der Waals surface area contributed by atoms with Gasteiger partial charge in [0.25, 0.3) is 0 Å². The molecular formula is C10H16S2. The number of rotatable bonds is 3. The molecule has 0 atom stereocenters. The summed E-state index contributed by atoms with van der Waals surface area (Å²) in [5.41, 5.74) is 0.768. The van der Waals surface area contributed by atoms with Gasteiger partial charge in [-0.05, 0) is 56.1 Å². The second-order valence-electron chi connectivity index (χ2n) is 4.39. The Kier molecular flexibility index (Phi) is 2.48. The average molecular weight is 200 g/mol. The largest absolute Gasteiger partial charge is 0.122 e. The van der Waals surface area contributed by atoms with Crippen LogP contribution in [0.1, 0.15) is 38.5 Å². The van der Waals surface area contributed by atoms with Crippen molar-refractivity contribution in [2.45, 2.75) is 38.5 Å². The van der Waals surface area contributed by atoms with E-state index >= 15 is 0 Å². The molecule has 0 aliphatic heterocycles. The highest BCUT2D eigenvalue weighted by molar-refractivity contribution is 8.22. The molecule has 2 heteroatoms. The van der Waals surface area contributed by atoms with Crippen molar-refractivity contribution in [3.05, 3.63) is 0 Å². The Morgan fingerprint density at radius 1 is 1.58 bits per heavy atom. The fourth-order valence-electron chi connectivity index (χ4n) is 2.88. The minimum absolute atomic E-state index is 0.768. The quantitative estimate of drug-likeness (QED) is 0.638. The number of thioether (sulfide) groups is 1. The van der Waals surface area contributed by atoms with Gasteiger partial charge in [0, 0.05) is 4.20 Å². The van der Waals surface area contributed by atoms with E-state index in [-0.39, 0.29) is 0 Å². The van der Waals surface area contributed by atoms with E-state index in [9.17, 15) is 0 Å². The first-order chi connectivity index (χ1) is 5.74. The summed E-state index contributed by atoms with van der Waals surface area (Å²) in [6.45, 7) is 0. The van der Waals surface area contributed by atoms with E-state index < -0.39 is 0 Å². The molecule has 2 bridgehead atoms. The standard InChI is InChI=1S/C10H16S2/c1-12-9(11)3-5-10-4-2-8(6-10)7-10/h8H,2-7H2,1H3. The number of thiocarbonyl (C=S) groups is 1. The Morgan fingerprint density at radius 3 is 2.83 bits per heavy atom. The van der Waals surface area contributed by atoms with Gasteiger partial charge in [-0.1, -0.05) is 12.2 Å². The molecular weight excluding hydrogens is 184 g/mol. The highest BCUT2D eigenvalue weighted by atomic mass is 32.2. The van der Waals surface area contributed by atoms with Gasteiger partial charge >= 0.3 is 0 Å². The smallest absolute Gasteiger partial charge is 0.0476 e.